The molecule has 2 rings (SSSR count). The maximum atomic E-state index is 6.09. The minimum atomic E-state index is -0.0476. The smallest absolute Gasteiger partial charge is 0.0847 e. The molecule has 0 aromatic carbocycles. The third kappa shape index (κ3) is 3.80. The van der Waals surface area contributed by atoms with Gasteiger partial charge < -0.3 is 4.74 Å². The first-order chi connectivity index (χ1) is 9.96. The molecule has 3 nitrogen and oxygen atoms in total. The monoisotopic (exact) mass is 296 g/mol. The first-order valence-corrected chi connectivity index (χ1v) is 8.97. The lowest BCUT2D eigenvalue weighted by Gasteiger charge is -2.50. The van der Waals surface area contributed by atoms with E-state index < -0.39 is 0 Å². The van der Waals surface area contributed by atoms with Crippen molar-refractivity contribution < 1.29 is 4.74 Å². The number of ether oxygens (including phenoxy) is 1. The second kappa shape index (κ2) is 6.97. The molecule has 2 aliphatic carbocycles. The van der Waals surface area contributed by atoms with Crippen molar-refractivity contribution in [1.29, 1.82) is 0 Å². The zero-order valence-electron chi connectivity index (χ0n) is 14.6. The molecule has 2 aliphatic rings. The van der Waals surface area contributed by atoms with Crippen LogP contribution in [0.3, 0.4) is 0 Å². The Bertz CT molecular complexity index is 311. The van der Waals surface area contributed by atoms with E-state index in [-0.39, 0.29) is 5.60 Å². The summed E-state index contributed by atoms with van der Waals surface area (Å²) in [6.07, 6.45) is 11.4. The molecule has 124 valence electrons. The normalized spacial score (nSPS) is 33.6. The molecule has 0 aliphatic heterocycles. The van der Waals surface area contributed by atoms with Gasteiger partial charge in [-0.15, -0.1) is 0 Å². The van der Waals surface area contributed by atoms with Gasteiger partial charge >= 0.3 is 0 Å². The highest BCUT2D eigenvalue weighted by molar-refractivity contribution is 5.01. The molecular formula is C18H36N2O. The Kier molecular flexibility index (Phi) is 5.72. The van der Waals surface area contributed by atoms with Crippen LogP contribution in [0.2, 0.25) is 0 Å². The fourth-order valence-corrected chi connectivity index (χ4v) is 4.64. The number of nitrogens with two attached hydrogens (primary N) is 1. The molecule has 0 aromatic rings. The van der Waals surface area contributed by atoms with Crippen molar-refractivity contribution >= 4 is 0 Å². The summed E-state index contributed by atoms with van der Waals surface area (Å²) in [5, 5.41) is 0. The van der Waals surface area contributed by atoms with Crippen LogP contribution in [0.5, 0.6) is 0 Å². The van der Waals surface area contributed by atoms with Crippen LogP contribution < -0.4 is 11.3 Å². The lowest BCUT2D eigenvalue weighted by Crippen LogP contribution is -2.60. The van der Waals surface area contributed by atoms with Gasteiger partial charge in [-0.3, -0.25) is 11.3 Å². The van der Waals surface area contributed by atoms with Gasteiger partial charge in [0.15, 0.2) is 0 Å². The van der Waals surface area contributed by atoms with Crippen molar-refractivity contribution in [3.63, 3.8) is 0 Å². The van der Waals surface area contributed by atoms with Gasteiger partial charge in [0, 0.05) is 7.11 Å². The van der Waals surface area contributed by atoms with E-state index in [1.165, 1.54) is 44.9 Å². The van der Waals surface area contributed by atoms with Gasteiger partial charge in [-0.05, 0) is 55.8 Å². The summed E-state index contributed by atoms with van der Waals surface area (Å²) >= 11 is 0. The summed E-state index contributed by atoms with van der Waals surface area (Å²) < 4.78 is 6.09. The van der Waals surface area contributed by atoms with Crippen LogP contribution in [0.4, 0.5) is 0 Å². The van der Waals surface area contributed by atoms with Crippen LogP contribution in [0.15, 0.2) is 0 Å². The predicted molar refractivity (Wildman–Crippen MR) is 88.8 cm³/mol. The van der Waals surface area contributed by atoms with Crippen LogP contribution in [-0.2, 0) is 4.74 Å². The first kappa shape index (κ1) is 17.2. The van der Waals surface area contributed by atoms with Crippen molar-refractivity contribution in [2.24, 2.45) is 23.1 Å². The second-order valence-electron chi connectivity index (χ2n) is 8.27. The average molecular weight is 296 g/mol. The summed E-state index contributed by atoms with van der Waals surface area (Å²) in [4.78, 5) is 0. The van der Waals surface area contributed by atoms with Gasteiger partial charge in [-0.1, -0.05) is 40.0 Å². The molecule has 0 aromatic heterocycles. The van der Waals surface area contributed by atoms with Crippen molar-refractivity contribution in [3.05, 3.63) is 0 Å². The molecule has 1 atom stereocenters. The topological polar surface area (TPSA) is 47.3 Å². The number of rotatable bonds is 5. The molecule has 0 amide bonds. The molecular weight excluding hydrogens is 260 g/mol. The SMILES string of the molecule is CCC1CCC(C(NN)C2(OC)CCC(C)(C)CC2)CC1. The minimum absolute atomic E-state index is 0.0476. The average Bonchev–Trinajstić information content (AvgIpc) is 2.50. The maximum Gasteiger partial charge on any atom is 0.0847 e. The molecule has 21 heavy (non-hydrogen) atoms. The third-order valence-electron chi connectivity index (χ3n) is 6.54. The van der Waals surface area contributed by atoms with Crippen molar-refractivity contribution in [2.75, 3.05) is 7.11 Å². The second-order valence-corrected chi connectivity index (χ2v) is 8.27. The Labute approximate surface area is 131 Å². The lowest BCUT2D eigenvalue weighted by molar-refractivity contribution is -0.103. The zero-order chi connectivity index (χ0) is 15.5. The quantitative estimate of drug-likeness (QED) is 0.595. The highest BCUT2D eigenvalue weighted by Gasteiger charge is 2.47. The van der Waals surface area contributed by atoms with Crippen LogP contribution in [0, 0.1) is 17.3 Å². The summed E-state index contributed by atoms with van der Waals surface area (Å²) in [6, 6.07) is 0.316. The van der Waals surface area contributed by atoms with Gasteiger partial charge in [0.25, 0.3) is 0 Å². The minimum Gasteiger partial charge on any atom is -0.377 e. The van der Waals surface area contributed by atoms with E-state index in [0.29, 0.717) is 17.4 Å². The summed E-state index contributed by atoms with van der Waals surface area (Å²) in [6.45, 7) is 7.08. The van der Waals surface area contributed by atoms with E-state index in [1.807, 2.05) is 7.11 Å². The fraction of sp³-hybridized carbons (Fsp3) is 1.00. The van der Waals surface area contributed by atoms with E-state index in [2.05, 4.69) is 26.2 Å². The van der Waals surface area contributed by atoms with Crippen molar-refractivity contribution in [1.82, 2.24) is 5.43 Å². The Morgan fingerprint density at radius 1 is 1.10 bits per heavy atom. The molecule has 3 N–H and O–H groups in total. The van der Waals surface area contributed by atoms with Gasteiger partial charge in [0.1, 0.15) is 0 Å². The summed E-state index contributed by atoms with van der Waals surface area (Å²) in [7, 11) is 1.89. The zero-order valence-corrected chi connectivity index (χ0v) is 14.6. The largest absolute Gasteiger partial charge is 0.377 e. The number of hydrazine groups is 1. The molecule has 0 radical (unpaired) electrons. The van der Waals surface area contributed by atoms with E-state index in [0.717, 1.165) is 18.8 Å². The van der Waals surface area contributed by atoms with Crippen LogP contribution in [0.1, 0.15) is 78.6 Å². The number of hydrogen-bond acceptors (Lipinski definition) is 3. The molecule has 0 bridgehead atoms. The van der Waals surface area contributed by atoms with E-state index >= 15 is 0 Å². The highest BCUT2D eigenvalue weighted by atomic mass is 16.5. The molecule has 0 saturated heterocycles. The van der Waals surface area contributed by atoms with Crippen LogP contribution in [0.25, 0.3) is 0 Å². The summed E-state index contributed by atoms with van der Waals surface area (Å²) in [5.74, 6) is 7.61. The van der Waals surface area contributed by atoms with Crippen molar-refractivity contribution in [3.8, 4) is 0 Å². The Balaban J connectivity index is 2.04. The fourth-order valence-electron chi connectivity index (χ4n) is 4.64. The lowest BCUT2D eigenvalue weighted by atomic mass is 9.64. The molecule has 0 heterocycles. The van der Waals surface area contributed by atoms with E-state index in [9.17, 15) is 0 Å². The molecule has 1 unspecified atom stereocenters. The number of nitrogens with one attached hydrogen (secondary N) is 1. The van der Waals surface area contributed by atoms with Gasteiger partial charge in [-0.2, -0.15) is 0 Å². The first-order valence-electron chi connectivity index (χ1n) is 8.97. The summed E-state index contributed by atoms with van der Waals surface area (Å²) in [5.41, 5.74) is 3.58. The number of hydrogen-bond donors (Lipinski definition) is 2. The molecule has 2 saturated carbocycles. The Hall–Kier alpha value is -0.120. The van der Waals surface area contributed by atoms with Gasteiger partial charge in [0.05, 0.1) is 11.6 Å². The van der Waals surface area contributed by atoms with Crippen molar-refractivity contribution in [2.45, 2.75) is 90.2 Å². The highest BCUT2D eigenvalue weighted by Crippen LogP contribution is 2.46. The number of methoxy groups -OCH3 is 1. The van der Waals surface area contributed by atoms with E-state index in [1.54, 1.807) is 0 Å². The Morgan fingerprint density at radius 2 is 1.67 bits per heavy atom. The molecule has 2 fully saturated rings. The molecule has 0 spiro atoms. The van der Waals surface area contributed by atoms with E-state index in [4.69, 9.17) is 10.6 Å². The Morgan fingerprint density at radius 3 is 2.10 bits per heavy atom. The maximum absolute atomic E-state index is 6.09. The standard InChI is InChI=1S/C18H36N2O/c1-5-14-6-8-15(9-7-14)16(20-19)18(21-4)12-10-17(2,3)11-13-18/h14-16,20H,5-13,19H2,1-4H3. The van der Waals surface area contributed by atoms with Gasteiger partial charge in [-0.25, -0.2) is 0 Å². The molecule has 3 heteroatoms. The van der Waals surface area contributed by atoms with Gasteiger partial charge in [0.2, 0.25) is 0 Å². The third-order valence-corrected chi connectivity index (χ3v) is 6.54. The van der Waals surface area contributed by atoms with Crippen LogP contribution >= 0.6 is 0 Å². The van der Waals surface area contributed by atoms with Crippen LogP contribution in [-0.4, -0.2) is 18.8 Å². The predicted octanol–water partition coefficient (Wildman–Crippen LogP) is 4.02.